The van der Waals surface area contributed by atoms with E-state index >= 15 is 0 Å². The maximum Gasteiger partial charge on any atom is 0.416 e. The van der Waals surface area contributed by atoms with Crippen LogP contribution in [-0.2, 0) is 6.18 Å². The second kappa shape index (κ2) is 8.95. The predicted molar refractivity (Wildman–Crippen MR) is 122 cm³/mol. The molecule has 0 aliphatic carbocycles. The first-order valence-electron chi connectivity index (χ1n) is 9.61. The van der Waals surface area contributed by atoms with Crippen LogP contribution in [0.4, 0.5) is 24.5 Å². The normalized spacial score (nSPS) is 11.8. The van der Waals surface area contributed by atoms with Crippen LogP contribution in [0, 0.1) is 10.1 Å². The van der Waals surface area contributed by atoms with Crippen molar-refractivity contribution in [2.75, 3.05) is 0 Å². The largest absolute Gasteiger partial charge is 0.507 e. The number of para-hydroxylation sites is 1. The summed E-state index contributed by atoms with van der Waals surface area (Å²) in [6.45, 7) is 0. The summed E-state index contributed by atoms with van der Waals surface area (Å²) < 4.78 is 39.0. The maximum absolute atomic E-state index is 13.0. The number of phenols is 1. The van der Waals surface area contributed by atoms with Crippen LogP contribution >= 0.6 is 11.8 Å². The lowest BCUT2D eigenvalue weighted by Crippen LogP contribution is -2.05. The minimum atomic E-state index is -4.68. The first-order chi connectivity index (χ1) is 15.7. The number of halogens is 3. The standard InChI is InChI=1S/C24H15F3N2O3S/c25-24(26,27)16-10-12-23(20(13-16)29(31)32)33-22-8-4-3-7-19(22)28-14-18-17-6-2-1-5-15(17)9-11-21(18)30/h1-14,30H. The molecule has 0 fully saturated rings. The molecule has 0 aromatic heterocycles. The molecular weight excluding hydrogens is 453 g/mol. The van der Waals surface area contributed by atoms with E-state index in [1.165, 1.54) is 6.21 Å². The molecule has 0 saturated carbocycles. The van der Waals surface area contributed by atoms with Gasteiger partial charge in [-0.2, -0.15) is 13.2 Å². The molecule has 4 aromatic carbocycles. The Morgan fingerprint density at radius 2 is 1.67 bits per heavy atom. The average molecular weight is 468 g/mol. The number of rotatable bonds is 5. The number of hydrogen-bond donors (Lipinski definition) is 1. The van der Waals surface area contributed by atoms with Crippen LogP contribution in [-0.4, -0.2) is 16.2 Å². The minimum Gasteiger partial charge on any atom is -0.507 e. The molecule has 0 aliphatic heterocycles. The molecular formula is C24H15F3N2O3S. The van der Waals surface area contributed by atoms with Crippen molar-refractivity contribution in [2.45, 2.75) is 16.0 Å². The second-order valence-corrected chi connectivity index (χ2v) is 8.07. The lowest BCUT2D eigenvalue weighted by atomic mass is 10.0. The molecule has 0 aliphatic rings. The van der Waals surface area contributed by atoms with Crippen molar-refractivity contribution in [1.29, 1.82) is 0 Å². The molecule has 5 nitrogen and oxygen atoms in total. The zero-order chi connectivity index (χ0) is 23.6. The summed E-state index contributed by atoms with van der Waals surface area (Å²) in [5, 5.41) is 23.4. The molecule has 0 heterocycles. The Morgan fingerprint density at radius 1 is 0.939 bits per heavy atom. The predicted octanol–water partition coefficient (Wildman–Crippen LogP) is 7.37. The fourth-order valence-electron chi connectivity index (χ4n) is 3.25. The zero-order valence-corrected chi connectivity index (χ0v) is 17.6. The smallest absolute Gasteiger partial charge is 0.416 e. The Balaban J connectivity index is 1.72. The van der Waals surface area contributed by atoms with E-state index in [2.05, 4.69) is 4.99 Å². The molecule has 0 amide bonds. The lowest BCUT2D eigenvalue weighted by Gasteiger charge is -2.10. The van der Waals surface area contributed by atoms with Crippen LogP contribution in [0.2, 0.25) is 0 Å². The highest BCUT2D eigenvalue weighted by molar-refractivity contribution is 7.99. The lowest BCUT2D eigenvalue weighted by molar-refractivity contribution is -0.388. The summed E-state index contributed by atoms with van der Waals surface area (Å²) in [4.78, 5) is 15.6. The molecule has 0 saturated heterocycles. The molecule has 0 radical (unpaired) electrons. The molecule has 4 rings (SSSR count). The van der Waals surface area contributed by atoms with E-state index in [1.54, 1.807) is 36.4 Å². The number of fused-ring (bicyclic) bond motifs is 1. The van der Waals surface area contributed by atoms with Gasteiger partial charge in [0.05, 0.1) is 21.1 Å². The van der Waals surface area contributed by atoms with E-state index in [-0.39, 0.29) is 10.6 Å². The molecule has 0 spiro atoms. The molecule has 166 valence electrons. The van der Waals surface area contributed by atoms with Gasteiger partial charge >= 0.3 is 6.18 Å². The topological polar surface area (TPSA) is 75.7 Å². The number of nitro benzene ring substituents is 1. The molecule has 0 bridgehead atoms. The molecule has 1 N–H and O–H groups in total. The van der Waals surface area contributed by atoms with Crippen molar-refractivity contribution in [3.05, 3.63) is 100 Å². The number of benzene rings is 4. The third-order valence-electron chi connectivity index (χ3n) is 4.85. The average Bonchev–Trinajstić information content (AvgIpc) is 2.78. The highest BCUT2D eigenvalue weighted by Gasteiger charge is 2.33. The van der Waals surface area contributed by atoms with E-state index in [1.807, 2.05) is 24.3 Å². The van der Waals surface area contributed by atoms with Crippen LogP contribution in [0.5, 0.6) is 5.75 Å². The third-order valence-corrected chi connectivity index (χ3v) is 5.98. The van der Waals surface area contributed by atoms with Gasteiger partial charge in [-0.3, -0.25) is 15.1 Å². The number of nitrogens with zero attached hydrogens (tertiary/aromatic N) is 2. The van der Waals surface area contributed by atoms with Crippen molar-refractivity contribution in [1.82, 2.24) is 0 Å². The zero-order valence-electron chi connectivity index (χ0n) is 16.8. The van der Waals surface area contributed by atoms with Crippen LogP contribution in [0.15, 0.2) is 93.6 Å². The Morgan fingerprint density at radius 3 is 2.42 bits per heavy atom. The van der Waals surface area contributed by atoms with Crippen LogP contribution < -0.4 is 0 Å². The molecule has 4 aromatic rings. The number of aromatic hydroxyl groups is 1. The number of alkyl halides is 3. The summed E-state index contributed by atoms with van der Waals surface area (Å²) in [5.74, 6) is 0.0426. The summed E-state index contributed by atoms with van der Waals surface area (Å²) >= 11 is 0.946. The van der Waals surface area contributed by atoms with Gasteiger partial charge in [0.1, 0.15) is 5.75 Å². The second-order valence-electron chi connectivity index (χ2n) is 6.98. The van der Waals surface area contributed by atoms with E-state index < -0.39 is 22.4 Å². The monoisotopic (exact) mass is 468 g/mol. The summed E-state index contributed by atoms with van der Waals surface area (Å²) in [6.07, 6.45) is -3.19. The van der Waals surface area contributed by atoms with E-state index in [9.17, 15) is 28.4 Å². The first-order valence-corrected chi connectivity index (χ1v) is 10.4. The Labute approximate surface area is 190 Å². The number of hydrogen-bond acceptors (Lipinski definition) is 5. The molecule has 9 heteroatoms. The number of nitro groups is 1. The SMILES string of the molecule is O=[N+]([O-])c1cc(C(F)(F)F)ccc1Sc1ccccc1N=Cc1c(O)ccc2ccccc12. The molecule has 33 heavy (non-hydrogen) atoms. The Bertz CT molecular complexity index is 1390. The van der Waals surface area contributed by atoms with Gasteiger partial charge in [-0.25, -0.2) is 0 Å². The molecule has 0 unspecified atom stereocenters. The van der Waals surface area contributed by atoms with Crippen molar-refractivity contribution in [3.8, 4) is 5.75 Å². The van der Waals surface area contributed by atoms with Gasteiger partial charge in [0.15, 0.2) is 0 Å². The number of aliphatic imine (C=N–C) groups is 1. The van der Waals surface area contributed by atoms with Crippen LogP contribution in [0.25, 0.3) is 10.8 Å². The van der Waals surface area contributed by atoms with Gasteiger partial charge in [-0.1, -0.05) is 54.2 Å². The van der Waals surface area contributed by atoms with E-state index in [0.29, 0.717) is 22.2 Å². The maximum atomic E-state index is 13.0. The fourth-order valence-corrected chi connectivity index (χ4v) is 4.23. The third kappa shape index (κ3) is 4.83. The first kappa shape index (κ1) is 22.3. The number of phenolic OH excluding ortho intramolecular Hbond substituents is 1. The van der Waals surface area contributed by atoms with Crippen molar-refractivity contribution >= 4 is 40.1 Å². The minimum absolute atomic E-state index is 0.0426. The van der Waals surface area contributed by atoms with Crippen molar-refractivity contribution < 1.29 is 23.2 Å². The van der Waals surface area contributed by atoms with Gasteiger partial charge in [0, 0.05) is 22.7 Å². The quantitative estimate of drug-likeness (QED) is 0.188. The van der Waals surface area contributed by atoms with E-state index in [4.69, 9.17) is 0 Å². The van der Waals surface area contributed by atoms with Crippen LogP contribution in [0.1, 0.15) is 11.1 Å². The van der Waals surface area contributed by atoms with Gasteiger partial charge in [-0.05, 0) is 41.1 Å². The Kier molecular flexibility index (Phi) is 6.06. The van der Waals surface area contributed by atoms with Crippen molar-refractivity contribution in [2.24, 2.45) is 4.99 Å². The summed E-state index contributed by atoms with van der Waals surface area (Å²) in [7, 11) is 0. The fraction of sp³-hybridized carbons (Fsp3) is 0.0417. The van der Waals surface area contributed by atoms with E-state index in [0.717, 1.165) is 34.7 Å². The van der Waals surface area contributed by atoms with Gasteiger partial charge in [-0.15, -0.1) is 0 Å². The van der Waals surface area contributed by atoms with Crippen molar-refractivity contribution in [3.63, 3.8) is 0 Å². The highest BCUT2D eigenvalue weighted by atomic mass is 32.2. The van der Waals surface area contributed by atoms with Gasteiger partial charge in [0.25, 0.3) is 5.69 Å². The summed E-state index contributed by atoms with van der Waals surface area (Å²) in [6, 6.07) is 20.0. The Hall–Kier alpha value is -3.85. The van der Waals surface area contributed by atoms with Gasteiger partial charge in [0.2, 0.25) is 0 Å². The molecule has 0 atom stereocenters. The highest BCUT2D eigenvalue weighted by Crippen LogP contribution is 2.42. The van der Waals surface area contributed by atoms with Gasteiger partial charge < -0.3 is 5.11 Å². The van der Waals surface area contributed by atoms with Crippen LogP contribution in [0.3, 0.4) is 0 Å². The summed E-state index contributed by atoms with van der Waals surface area (Å²) in [5.41, 5.74) is -0.769.